The van der Waals surface area contributed by atoms with Crippen LogP contribution in [0.1, 0.15) is 33.6 Å². The molecule has 0 fully saturated rings. The summed E-state index contributed by atoms with van der Waals surface area (Å²) in [4.78, 5) is 11.3. The monoisotopic (exact) mass is 314 g/mol. The van der Waals surface area contributed by atoms with Gasteiger partial charge >= 0.3 is 5.63 Å². The molecule has 0 saturated carbocycles. The molecule has 0 aliphatic heterocycles. The number of hydrogen-bond donors (Lipinski definition) is 1. The van der Waals surface area contributed by atoms with Crippen LogP contribution in [0.4, 0.5) is 0 Å². The number of rotatable bonds is 6. The Morgan fingerprint density at radius 2 is 2.00 bits per heavy atom. The third-order valence-electron chi connectivity index (χ3n) is 3.45. The highest BCUT2D eigenvalue weighted by atomic mass is 16.5. The van der Waals surface area contributed by atoms with Gasteiger partial charge in [-0.15, -0.1) is 0 Å². The summed E-state index contributed by atoms with van der Waals surface area (Å²) in [6, 6.07) is 5.91. The first-order valence-corrected chi connectivity index (χ1v) is 7.64. The van der Waals surface area contributed by atoms with Gasteiger partial charge in [0, 0.05) is 18.2 Å². The first-order chi connectivity index (χ1) is 11.0. The van der Waals surface area contributed by atoms with Crippen LogP contribution < -0.4 is 10.4 Å². The summed E-state index contributed by atoms with van der Waals surface area (Å²) in [7, 11) is 0. The van der Waals surface area contributed by atoms with E-state index in [1.807, 2.05) is 6.08 Å². The van der Waals surface area contributed by atoms with Crippen molar-refractivity contribution in [2.45, 2.75) is 33.6 Å². The molecular formula is C19H22O4. The van der Waals surface area contributed by atoms with E-state index >= 15 is 0 Å². The lowest BCUT2D eigenvalue weighted by molar-refractivity contribution is 0.362. The summed E-state index contributed by atoms with van der Waals surface area (Å²) in [5.41, 5.74) is 2.43. The van der Waals surface area contributed by atoms with E-state index in [1.165, 1.54) is 29.3 Å². The van der Waals surface area contributed by atoms with Crippen molar-refractivity contribution in [2.75, 3.05) is 6.61 Å². The van der Waals surface area contributed by atoms with E-state index in [2.05, 4.69) is 26.8 Å². The Bertz CT molecular complexity index is 793. The van der Waals surface area contributed by atoms with Crippen molar-refractivity contribution in [3.05, 3.63) is 58.0 Å². The number of hydrogen-bond acceptors (Lipinski definition) is 4. The first-order valence-electron chi connectivity index (χ1n) is 7.64. The van der Waals surface area contributed by atoms with E-state index in [9.17, 15) is 9.90 Å². The van der Waals surface area contributed by atoms with Gasteiger partial charge in [-0.3, -0.25) is 0 Å². The van der Waals surface area contributed by atoms with E-state index < -0.39 is 5.63 Å². The van der Waals surface area contributed by atoms with Crippen LogP contribution in [0.2, 0.25) is 0 Å². The van der Waals surface area contributed by atoms with Crippen molar-refractivity contribution < 1.29 is 14.3 Å². The van der Waals surface area contributed by atoms with Gasteiger partial charge in [0.15, 0.2) is 0 Å². The van der Waals surface area contributed by atoms with Crippen molar-refractivity contribution in [1.82, 2.24) is 0 Å². The lowest BCUT2D eigenvalue weighted by Gasteiger charge is -2.08. The molecule has 0 aliphatic carbocycles. The number of phenols is 1. The number of phenolic OH excluding ortho intramolecular Hbond substituents is 1. The van der Waals surface area contributed by atoms with Crippen molar-refractivity contribution in [1.29, 1.82) is 0 Å². The Balaban J connectivity index is 2.07. The second-order valence-corrected chi connectivity index (χ2v) is 5.79. The molecule has 0 aliphatic rings. The molecule has 0 unspecified atom stereocenters. The van der Waals surface area contributed by atoms with Crippen molar-refractivity contribution in [3.8, 4) is 11.5 Å². The zero-order chi connectivity index (χ0) is 16.8. The van der Waals surface area contributed by atoms with Crippen molar-refractivity contribution >= 4 is 11.0 Å². The molecule has 2 rings (SSSR count). The van der Waals surface area contributed by atoms with Crippen LogP contribution in [0, 0.1) is 0 Å². The topological polar surface area (TPSA) is 59.7 Å². The normalized spacial score (nSPS) is 11.5. The fraction of sp³-hybridized carbons (Fsp3) is 0.316. The average molecular weight is 314 g/mol. The number of benzene rings is 1. The predicted molar refractivity (Wildman–Crippen MR) is 92.1 cm³/mol. The van der Waals surface area contributed by atoms with Crippen molar-refractivity contribution in [3.63, 3.8) is 0 Å². The molecule has 0 bridgehead atoms. The predicted octanol–water partition coefficient (Wildman–Crippen LogP) is 4.57. The highest BCUT2D eigenvalue weighted by Crippen LogP contribution is 2.29. The molecule has 122 valence electrons. The average Bonchev–Trinajstić information content (AvgIpc) is 2.46. The molecule has 1 aromatic heterocycles. The molecule has 0 saturated heterocycles. The summed E-state index contributed by atoms with van der Waals surface area (Å²) in [6.07, 6.45) is 6.24. The lowest BCUT2D eigenvalue weighted by atomic mass is 10.1. The summed E-state index contributed by atoms with van der Waals surface area (Å²) in [5, 5.41) is 10.4. The number of ether oxygens (including phenoxy) is 1. The van der Waals surface area contributed by atoms with Crippen molar-refractivity contribution in [2.24, 2.45) is 0 Å². The fourth-order valence-electron chi connectivity index (χ4n) is 2.21. The molecular weight excluding hydrogens is 292 g/mol. The molecule has 2 aromatic rings. The van der Waals surface area contributed by atoms with Gasteiger partial charge in [-0.1, -0.05) is 17.2 Å². The van der Waals surface area contributed by atoms with E-state index in [1.54, 1.807) is 6.07 Å². The van der Waals surface area contributed by atoms with Crippen LogP contribution in [0.3, 0.4) is 0 Å². The van der Waals surface area contributed by atoms with Gasteiger partial charge in [-0.05, 0) is 45.8 Å². The van der Waals surface area contributed by atoms with Crippen LogP contribution in [0.15, 0.2) is 56.8 Å². The lowest BCUT2D eigenvalue weighted by Crippen LogP contribution is -1.98. The number of allylic oxidation sites excluding steroid dienone is 3. The SMILES string of the molecule is CC(C)=CCC/C(C)=C/COc1cc(O)cc2oc(=O)ccc12. The smallest absolute Gasteiger partial charge is 0.336 e. The maximum Gasteiger partial charge on any atom is 0.336 e. The van der Waals surface area contributed by atoms with Gasteiger partial charge in [-0.25, -0.2) is 4.79 Å². The van der Waals surface area contributed by atoms with E-state index in [-0.39, 0.29) is 5.75 Å². The van der Waals surface area contributed by atoms with Crippen LogP contribution >= 0.6 is 0 Å². The molecule has 4 nitrogen and oxygen atoms in total. The second-order valence-electron chi connectivity index (χ2n) is 5.79. The standard InChI is InChI=1S/C19H22O4/c1-13(2)5-4-6-14(3)9-10-22-17-11-15(20)12-18-16(17)7-8-19(21)23-18/h5,7-9,11-12,20H,4,6,10H2,1-3H3/b14-9+. The Labute approximate surface area is 135 Å². The zero-order valence-corrected chi connectivity index (χ0v) is 13.8. The molecule has 0 atom stereocenters. The highest BCUT2D eigenvalue weighted by molar-refractivity contribution is 5.84. The highest BCUT2D eigenvalue weighted by Gasteiger charge is 2.07. The molecule has 0 radical (unpaired) electrons. The van der Waals surface area contributed by atoms with E-state index in [0.717, 1.165) is 12.8 Å². The molecule has 1 aromatic carbocycles. The fourth-order valence-corrected chi connectivity index (χ4v) is 2.21. The second kappa shape index (κ2) is 7.68. The molecule has 23 heavy (non-hydrogen) atoms. The first kappa shape index (κ1) is 16.9. The molecule has 1 N–H and O–H groups in total. The Morgan fingerprint density at radius 3 is 2.74 bits per heavy atom. The summed E-state index contributed by atoms with van der Waals surface area (Å²) < 4.78 is 10.8. The molecule has 0 amide bonds. The summed E-state index contributed by atoms with van der Waals surface area (Å²) in [6.45, 7) is 6.65. The quantitative estimate of drug-likeness (QED) is 0.627. The van der Waals surface area contributed by atoms with Gasteiger partial charge in [0.25, 0.3) is 0 Å². The van der Waals surface area contributed by atoms with Crippen LogP contribution in [0.25, 0.3) is 11.0 Å². The maximum atomic E-state index is 11.3. The Hall–Kier alpha value is -2.49. The molecule has 4 heteroatoms. The molecule has 0 spiro atoms. The largest absolute Gasteiger partial charge is 0.508 e. The van der Waals surface area contributed by atoms with Crippen LogP contribution in [-0.2, 0) is 0 Å². The number of aromatic hydroxyl groups is 1. The zero-order valence-electron chi connectivity index (χ0n) is 13.8. The van der Waals surface area contributed by atoms with Crippen LogP contribution in [0.5, 0.6) is 11.5 Å². The minimum absolute atomic E-state index is 0.00566. The maximum absolute atomic E-state index is 11.3. The summed E-state index contributed by atoms with van der Waals surface area (Å²) >= 11 is 0. The van der Waals surface area contributed by atoms with Crippen LogP contribution in [-0.4, -0.2) is 11.7 Å². The third-order valence-corrected chi connectivity index (χ3v) is 3.45. The Morgan fingerprint density at radius 1 is 1.22 bits per heavy atom. The summed E-state index contributed by atoms with van der Waals surface area (Å²) in [5.74, 6) is 0.503. The van der Waals surface area contributed by atoms with Gasteiger partial charge < -0.3 is 14.3 Å². The van der Waals surface area contributed by atoms with Gasteiger partial charge in [0.1, 0.15) is 23.7 Å². The van der Waals surface area contributed by atoms with Gasteiger partial charge in [0.05, 0.1) is 5.39 Å². The Kier molecular flexibility index (Phi) is 5.63. The van der Waals surface area contributed by atoms with E-state index in [0.29, 0.717) is 23.3 Å². The number of fused-ring (bicyclic) bond motifs is 1. The van der Waals surface area contributed by atoms with Gasteiger partial charge in [0.2, 0.25) is 0 Å². The minimum Gasteiger partial charge on any atom is -0.508 e. The van der Waals surface area contributed by atoms with Gasteiger partial charge in [-0.2, -0.15) is 0 Å². The minimum atomic E-state index is -0.455. The third kappa shape index (κ3) is 5.02. The van der Waals surface area contributed by atoms with E-state index in [4.69, 9.17) is 9.15 Å². The molecule has 1 heterocycles.